The van der Waals surface area contributed by atoms with Crippen LogP contribution in [0.3, 0.4) is 0 Å². The van der Waals surface area contributed by atoms with Crippen LogP contribution in [0, 0.1) is 0 Å². The largest absolute Gasteiger partial charge is 0.462 e. The van der Waals surface area contributed by atoms with Crippen molar-refractivity contribution in [1.82, 2.24) is 0 Å². The minimum atomic E-state index is -1.76. The van der Waals surface area contributed by atoms with E-state index in [9.17, 15) is 45.3 Å². The van der Waals surface area contributed by atoms with E-state index >= 15 is 0 Å². The van der Waals surface area contributed by atoms with Gasteiger partial charge in [-0.2, -0.15) is 0 Å². The van der Waals surface area contributed by atoms with Crippen molar-refractivity contribution in [2.24, 2.45) is 0 Å². The second-order valence-corrected chi connectivity index (χ2v) is 17.6. The number of aliphatic hydroxyl groups is 7. The predicted molar refractivity (Wildman–Crippen MR) is 243 cm³/mol. The number of carbonyl (C=O) groups is 2. The van der Waals surface area contributed by atoms with Crippen LogP contribution in [0.2, 0.25) is 0 Å². The van der Waals surface area contributed by atoms with Crippen LogP contribution in [0.15, 0.2) is 24.3 Å². The number of allylic oxidation sites excluding steroid dienone is 4. The van der Waals surface area contributed by atoms with Gasteiger partial charge in [0.1, 0.15) is 55.4 Å². The first-order valence-corrected chi connectivity index (χ1v) is 24.9. The molecule has 4 unspecified atom stereocenters. The summed E-state index contributed by atoms with van der Waals surface area (Å²) in [7, 11) is 0. The number of esters is 2. The minimum absolute atomic E-state index is 0.162. The van der Waals surface area contributed by atoms with E-state index < -0.39 is 92.7 Å². The number of rotatable bonds is 38. The van der Waals surface area contributed by atoms with E-state index in [1.807, 2.05) is 0 Å². The van der Waals surface area contributed by atoms with E-state index in [0.717, 1.165) is 64.2 Å². The molecule has 2 fully saturated rings. The number of hydrogen-bond donors (Lipinski definition) is 7. The molecule has 0 spiro atoms. The molecule has 0 aliphatic carbocycles. The standard InChI is InChI=1S/C49H88O15/c1-3-5-7-9-11-13-15-17-18-20-22-24-26-28-30-32-41(52)62-37(34-59-40(51)31-29-27-25-23-21-19-16-14-12-10-8-6-4-2)35-60-48-47(58)45(56)43(54)39(64-48)36-61-49-46(57)44(55)42(53)38(33-50)63-49/h9,11,14,16,37-39,42-50,53-58H,3-8,10,12-13,15,17-36H2,1-2H3/b11-9+,16-14+/t37-,38-,39-,42+,43+,44?,45?,46?,47?,48-,49-/m1/s1. The first-order chi connectivity index (χ1) is 31.0. The predicted octanol–water partition coefficient (Wildman–Crippen LogP) is 6.38. The molecule has 2 saturated heterocycles. The average molecular weight is 917 g/mol. The maximum atomic E-state index is 13.0. The number of hydrogen-bond acceptors (Lipinski definition) is 15. The van der Waals surface area contributed by atoms with Crippen molar-refractivity contribution in [1.29, 1.82) is 0 Å². The molecule has 0 aromatic heterocycles. The minimum Gasteiger partial charge on any atom is -0.462 e. The van der Waals surface area contributed by atoms with Crippen LogP contribution in [0.5, 0.6) is 0 Å². The van der Waals surface area contributed by atoms with E-state index in [0.29, 0.717) is 12.8 Å². The molecule has 2 rings (SSSR count). The van der Waals surface area contributed by atoms with Gasteiger partial charge in [-0.1, -0.05) is 134 Å². The van der Waals surface area contributed by atoms with Gasteiger partial charge in [0, 0.05) is 12.8 Å². The monoisotopic (exact) mass is 917 g/mol. The van der Waals surface area contributed by atoms with Gasteiger partial charge in [0.05, 0.1) is 19.8 Å². The summed E-state index contributed by atoms with van der Waals surface area (Å²) in [5.74, 6) is -0.935. The van der Waals surface area contributed by atoms with Crippen LogP contribution in [-0.4, -0.2) is 142 Å². The van der Waals surface area contributed by atoms with E-state index in [-0.39, 0.29) is 26.1 Å². The third-order valence-corrected chi connectivity index (χ3v) is 11.9. The molecule has 0 bridgehead atoms. The highest BCUT2D eigenvalue weighted by Crippen LogP contribution is 2.26. The molecule has 11 atom stereocenters. The van der Waals surface area contributed by atoms with Crippen LogP contribution >= 0.6 is 0 Å². The molecule has 2 heterocycles. The van der Waals surface area contributed by atoms with Gasteiger partial charge < -0.3 is 64.2 Å². The summed E-state index contributed by atoms with van der Waals surface area (Å²) in [5, 5.41) is 72.0. The topological polar surface area (TPSA) is 231 Å². The summed E-state index contributed by atoms with van der Waals surface area (Å²) in [6.07, 6.45) is 19.2. The summed E-state index contributed by atoms with van der Waals surface area (Å²) in [5.41, 5.74) is 0. The Morgan fingerprint density at radius 2 is 0.906 bits per heavy atom. The number of ether oxygens (including phenoxy) is 6. The van der Waals surface area contributed by atoms with Gasteiger partial charge >= 0.3 is 11.9 Å². The highest BCUT2D eigenvalue weighted by atomic mass is 16.7. The van der Waals surface area contributed by atoms with Crippen molar-refractivity contribution >= 4 is 11.9 Å². The fourth-order valence-electron chi connectivity index (χ4n) is 7.72. The summed E-state index contributed by atoms with van der Waals surface area (Å²) < 4.78 is 33.5. The Bertz CT molecular complexity index is 1220. The van der Waals surface area contributed by atoms with Crippen LogP contribution < -0.4 is 0 Å². The Kier molecular flexibility index (Phi) is 33.6. The first-order valence-electron chi connectivity index (χ1n) is 24.9. The number of carbonyl (C=O) groups excluding carboxylic acids is 2. The molecule has 15 nitrogen and oxygen atoms in total. The summed E-state index contributed by atoms with van der Waals surface area (Å²) in [4.78, 5) is 25.7. The molecule has 0 aromatic rings. The third-order valence-electron chi connectivity index (χ3n) is 11.9. The highest BCUT2D eigenvalue weighted by Gasteiger charge is 2.47. The van der Waals surface area contributed by atoms with Crippen molar-refractivity contribution < 1.29 is 73.8 Å². The normalized spacial score (nSPS) is 26.8. The van der Waals surface area contributed by atoms with E-state index in [1.165, 1.54) is 77.0 Å². The quantitative estimate of drug-likeness (QED) is 0.0203. The maximum Gasteiger partial charge on any atom is 0.306 e. The fraction of sp³-hybridized carbons (Fsp3) is 0.878. The number of unbranched alkanes of at least 4 members (excludes halogenated alkanes) is 20. The summed E-state index contributed by atoms with van der Waals surface area (Å²) in [6, 6.07) is 0. The molecular formula is C49H88O15. The smallest absolute Gasteiger partial charge is 0.306 e. The Balaban J connectivity index is 1.83. The van der Waals surface area contributed by atoms with E-state index in [1.54, 1.807) is 0 Å². The van der Waals surface area contributed by atoms with Gasteiger partial charge in [-0.3, -0.25) is 9.59 Å². The van der Waals surface area contributed by atoms with Gasteiger partial charge in [-0.25, -0.2) is 0 Å². The van der Waals surface area contributed by atoms with Gasteiger partial charge in [-0.05, 0) is 57.8 Å². The van der Waals surface area contributed by atoms with Gasteiger partial charge in [0.2, 0.25) is 0 Å². The van der Waals surface area contributed by atoms with Crippen LogP contribution in [-0.2, 0) is 38.0 Å². The fourth-order valence-corrected chi connectivity index (χ4v) is 7.72. The molecule has 7 N–H and O–H groups in total. The Labute approximate surface area is 383 Å². The van der Waals surface area contributed by atoms with Crippen molar-refractivity contribution in [2.45, 2.75) is 248 Å². The highest BCUT2D eigenvalue weighted by molar-refractivity contribution is 5.70. The van der Waals surface area contributed by atoms with Crippen molar-refractivity contribution in [3.05, 3.63) is 24.3 Å². The molecular weight excluding hydrogens is 829 g/mol. The van der Waals surface area contributed by atoms with Gasteiger partial charge in [0.15, 0.2) is 18.7 Å². The zero-order chi connectivity index (χ0) is 46.8. The lowest BCUT2D eigenvalue weighted by molar-refractivity contribution is -0.332. The number of aliphatic hydroxyl groups excluding tert-OH is 7. The molecule has 64 heavy (non-hydrogen) atoms. The molecule has 2 aliphatic heterocycles. The van der Waals surface area contributed by atoms with Crippen molar-refractivity contribution in [2.75, 3.05) is 26.4 Å². The van der Waals surface area contributed by atoms with E-state index in [2.05, 4.69) is 38.2 Å². The van der Waals surface area contributed by atoms with Crippen LogP contribution in [0.1, 0.15) is 181 Å². The zero-order valence-corrected chi connectivity index (χ0v) is 39.3. The second-order valence-electron chi connectivity index (χ2n) is 17.6. The lowest BCUT2D eigenvalue weighted by Gasteiger charge is -2.42. The third kappa shape index (κ3) is 25.2. The first kappa shape index (κ1) is 58.1. The molecule has 374 valence electrons. The van der Waals surface area contributed by atoms with E-state index in [4.69, 9.17) is 28.4 Å². The molecule has 15 heteroatoms. The van der Waals surface area contributed by atoms with Gasteiger partial charge in [-0.15, -0.1) is 0 Å². The molecule has 0 radical (unpaired) electrons. The van der Waals surface area contributed by atoms with Gasteiger partial charge in [0.25, 0.3) is 0 Å². The molecule has 0 saturated carbocycles. The van der Waals surface area contributed by atoms with Crippen LogP contribution in [0.4, 0.5) is 0 Å². The lowest BCUT2D eigenvalue weighted by atomic mass is 9.98. The Hall–Kier alpha value is -2.02. The molecule has 2 aliphatic rings. The maximum absolute atomic E-state index is 13.0. The molecule has 0 amide bonds. The molecule has 0 aromatic carbocycles. The van der Waals surface area contributed by atoms with Crippen molar-refractivity contribution in [3.63, 3.8) is 0 Å². The lowest BCUT2D eigenvalue weighted by Crippen LogP contribution is -2.61. The second kappa shape index (κ2) is 37.0. The Morgan fingerprint density at radius 1 is 0.484 bits per heavy atom. The Morgan fingerprint density at radius 3 is 1.42 bits per heavy atom. The van der Waals surface area contributed by atoms with Crippen LogP contribution in [0.25, 0.3) is 0 Å². The van der Waals surface area contributed by atoms with Crippen molar-refractivity contribution in [3.8, 4) is 0 Å². The summed E-state index contributed by atoms with van der Waals surface area (Å²) in [6.45, 7) is 2.53. The average Bonchev–Trinajstić information content (AvgIpc) is 3.29. The SMILES string of the molecule is CCCC/C=C/CCCCCCCCCCCC(=O)O[C@H](COC(=O)CCCCCCC/C=C/CCCCCC)CO[C@@H]1O[C@H](CO[C@@H]2O[C@H](CO)[C@H](O)C(O)C2O)[C@H](O)C(O)C1O. The zero-order valence-electron chi connectivity index (χ0n) is 39.3. The summed E-state index contributed by atoms with van der Waals surface area (Å²) >= 11 is 0.